The number of nitrogen functional groups attached to an aromatic ring is 1. The van der Waals surface area contributed by atoms with Gasteiger partial charge in [-0.05, 0) is 12.1 Å². The van der Waals surface area contributed by atoms with Gasteiger partial charge in [-0.3, -0.25) is 4.79 Å². The number of carbonyl (C=O) groups excluding carboxylic acids is 1. The fraction of sp³-hybridized carbons (Fsp3) is 0.417. The summed E-state index contributed by atoms with van der Waals surface area (Å²) in [6.07, 6.45) is 0. The number of carbonyl (C=O) groups is 1. The van der Waals surface area contributed by atoms with Gasteiger partial charge in [-0.2, -0.15) is 4.31 Å². The van der Waals surface area contributed by atoms with Crippen LogP contribution in [0.25, 0.3) is 0 Å². The number of rotatable bonds is 4. The van der Waals surface area contributed by atoms with Crippen molar-refractivity contribution in [2.45, 2.75) is 10.9 Å². The molecular weight excluding hydrogens is 298 g/mol. The molecule has 1 aliphatic rings. The Morgan fingerprint density at radius 2 is 2.19 bits per heavy atom. The Labute approximate surface area is 122 Å². The first-order valence-electron chi connectivity index (χ1n) is 6.20. The molecule has 1 aromatic rings. The van der Waals surface area contributed by atoms with E-state index in [9.17, 15) is 13.2 Å². The minimum atomic E-state index is -3.89. The number of hydrogen-bond donors (Lipinski definition) is 2. The molecule has 4 N–H and O–H groups in total. The lowest BCUT2D eigenvalue weighted by Gasteiger charge is -2.32. The van der Waals surface area contributed by atoms with Gasteiger partial charge in [0.15, 0.2) is 0 Å². The third kappa shape index (κ3) is 2.94. The average Bonchev–Trinajstić information content (AvgIpc) is 2.47. The maximum atomic E-state index is 12.6. The van der Waals surface area contributed by atoms with Crippen LogP contribution in [0.3, 0.4) is 0 Å². The van der Waals surface area contributed by atoms with Crippen molar-refractivity contribution in [3.05, 3.63) is 18.2 Å². The molecule has 21 heavy (non-hydrogen) atoms. The normalized spacial score (nSPS) is 20.1. The number of hydrogen-bond acceptors (Lipinski definition) is 6. The number of amides is 1. The molecule has 0 bridgehead atoms. The lowest BCUT2D eigenvalue weighted by molar-refractivity contribution is -0.125. The number of nitrogens with two attached hydrogens (primary N) is 2. The zero-order valence-electron chi connectivity index (χ0n) is 11.5. The Hall–Kier alpha value is -1.84. The molecule has 1 amide bonds. The highest BCUT2D eigenvalue weighted by Gasteiger charge is 2.37. The summed E-state index contributed by atoms with van der Waals surface area (Å²) < 4.78 is 36.5. The van der Waals surface area contributed by atoms with Crippen molar-refractivity contribution in [2.24, 2.45) is 5.73 Å². The summed E-state index contributed by atoms with van der Waals surface area (Å²) in [5.74, 6) is -0.499. The van der Waals surface area contributed by atoms with E-state index in [1.165, 1.54) is 25.3 Å². The summed E-state index contributed by atoms with van der Waals surface area (Å²) in [4.78, 5) is 11.4. The van der Waals surface area contributed by atoms with E-state index >= 15 is 0 Å². The summed E-state index contributed by atoms with van der Waals surface area (Å²) in [5, 5.41) is 0. The number of anilines is 1. The molecule has 2 rings (SSSR count). The zero-order valence-corrected chi connectivity index (χ0v) is 12.3. The molecule has 1 heterocycles. The molecule has 0 aliphatic carbocycles. The molecule has 1 atom stereocenters. The molecule has 1 aliphatic heterocycles. The molecule has 1 fully saturated rings. The minimum Gasteiger partial charge on any atom is -0.495 e. The van der Waals surface area contributed by atoms with Crippen molar-refractivity contribution in [3.8, 4) is 5.75 Å². The number of primary amides is 1. The second kappa shape index (κ2) is 5.88. The van der Waals surface area contributed by atoms with Crippen LogP contribution in [0.5, 0.6) is 5.75 Å². The smallest absolute Gasteiger partial charge is 0.244 e. The topological polar surface area (TPSA) is 125 Å². The number of nitrogens with zero attached hydrogens (tertiary/aromatic N) is 1. The van der Waals surface area contributed by atoms with E-state index in [4.69, 9.17) is 20.9 Å². The Balaban J connectivity index is 2.42. The van der Waals surface area contributed by atoms with Gasteiger partial charge in [-0.15, -0.1) is 0 Å². The van der Waals surface area contributed by atoms with Gasteiger partial charge in [0, 0.05) is 12.6 Å². The molecule has 1 aromatic carbocycles. The van der Waals surface area contributed by atoms with Gasteiger partial charge >= 0.3 is 0 Å². The summed E-state index contributed by atoms with van der Waals surface area (Å²) >= 11 is 0. The predicted molar refractivity (Wildman–Crippen MR) is 75.1 cm³/mol. The van der Waals surface area contributed by atoms with Gasteiger partial charge in [0.2, 0.25) is 15.9 Å². The third-order valence-electron chi connectivity index (χ3n) is 3.22. The van der Waals surface area contributed by atoms with E-state index in [1.807, 2.05) is 0 Å². The largest absolute Gasteiger partial charge is 0.495 e. The van der Waals surface area contributed by atoms with E-state index < -0.39 is 22.0 Å². The van der Waals surface area contributed by atoms with Crippen molar-refractivity contribution in [1.82, 2.24) is 4.31 Å². The van der Waals surface area contributed by atoms with Gasteiger partial charge in [-0.1, -0.05) is 0 Å². The van der Waals surface area contributed by atoms with Crippen LogP contribution in [0.15, 0.2) is 23.1 Å². The molecule has 9 heteroatoms. The maximum absolute atomic E-state index is 12.6. The second-order valence-corrected chi connectivity index (χ2v) is 6.40. The molecule has 0 saturated carbocycles. The van der Waals surface area contributed by atoms with Crippen LogP contribution in [0, 0.1) is 0 Å². The highest BCUT2D eigenvalue weighted by Crippen LogP contribution is 2.28. The Morgan fingerprint density at radius 3 is 2.81 bits per heavy atom. The lowest BCUT2D eigenvalue weighted by Crippen LogP contribution is -2.54. The second-order valence-electron chi connectivity index (χ2n) is 4.51. The molecule has 0 spiro atoms. The van der Waals surface area contributed by atoms with Gasteiger partial charge in [0.1, 0.15) is 11.8 Å². The van der Waals surface area contributed by atoms with Crippen LogP contribution in [0.1, 0.15) is 0 Å². The minimum absolute atomic E-state index is 0.0123. The standard InChI is InChI=1S/C12H17N3O5S/c1-19-11-6-8(2-3-9(11)13)21(17,18)15-4-5-20-7-10(15)12(14)16/h2-3,6,10H,4-5,7,13H2,1H3,(H2,14,16). The van der Waals surface area contributed by atoms with Crippen LogP contribution in [0.4, 0.5) is 5.69 Å². The number of sulfonamides is 1. The third-order valence-corrected chi connectivity index (χ3v) is 5.12. The van der Waals surface area contributed by atoms with Crippen LogP contribution >= 0.6 is 0 Å². The van der Waals surface area contributed by atoms with Crippen molar-refractivity contribution in [2.75, 3.05) is 32.6 Å². The number of benzene rings is 1. The van der Waals surface area contributed by atoms with Gasteiger partial charge in [0.25, 0.3) is 0 Å². The molecule has 0 radical (unpaired) electrons. The highest BCUT2D eigenvalue weighted by atomic mass is 32.2. The van der Waals surface area contributed by atoms with Crippen LogP contribution in [-0.4, -0.2) is 51.5 Å². The maximum Gasteiger partial charge on any atom is 0.244 e. The van der Waals surface area contributed by atoms with Crippen molar-refractivity contribution < 1.29 is 22.7 Å². The van der Waals surface area contributed by atoms with Crippen molar-refractivity contribution >= 4 is 21.6 Å². The van der Waals surface area contributed by atoms with E-state index in [2.05, 4.69) is 0 Å². The molecule has 8 nitrogen and oxygen atoms in total. The fourth-order valence-corrected chi connectivity index (χ4v) is 3.67. The summed E-state index contributed by atoms with van der Waals surface area (Å²) in [6, 6.07) is 3.09. The van der Waals surface area contributed by atoms with Gasteiger partial charge in [-0.25, -0.2) is 8.42 Å². The van der Waals surface area contributed by atoms with Crippen LogP contribution in [0.2, 0.25) is 0 Å². The molecule has 0 aromatic heterocycles. The van der Waals surface area contributed by atoms with Gasteiger partial charge < -0.3 is 20.9 Å². The first-order valence-corrected chi connectivity index (χ1v) is 7.64. The Kier molecular flexibility index (Phi) is 4.35. The first-order chi connectivity index (χ1) is 9.87. The quantitative estimate of drug-likeness (QED) is 0.697. The monoisotopic (exact) mass is 315 g/mol. The fourth-order valence-electron chi connectivity index (χ4n) is 2.09. The van der Waals surface area contributed by atoms with Crippen LogP contribution < -0.4 is 16.2 Å². The van der Waals surface area contributed by atoms with E-state index in [1.54, 1.807) is 0 Å². The Morgan fingerprint density at radius 1 is 1.48 bits per heavy atom. The van der Waals surface area contributed by atoms with E-state index in [0.29, 0.717) is 5.69 Å². The van der Waals surface area contributed by atoms with Crippen molar-refractivity contribution in [1.29, 1.82) is 0 Å². The van der Waals surface area contributed by atoms with Crippen molar-refractivity contribution in [3.63, 3.8) is 0 Å². The average molecular weight is 315 g/mol. The first kappa shape index (κ1) is 15.5. The summed E-state index contributed by atoms with van der Waals surface area (Å²) in [5.41, 5.74) is 11.2. The number of ether oxygens (including phenoxy) is 2. The predicted octanol–water partition coefficient (Wildman–Crippen LogP) is -0.848. The SMILES string of the molecule is COc1cc(S(=O)(=O)N2CCOCC2C(N)=O)ccc1N. The highest BCUT2D eigenvalue weighted by molar-refractivity contribution is 7.89. The van der Waals surface area contributed by atoms with Gasteiger partial charge in [0.05, 0.1) is 30.9 Å². The summed E-state index contributed by atoms with van der Waals surface area (Å²) in [6.45, 7) is 0.207. The van der Waals surface area contributed by atoms with Crippen LogP contribution in [-0.2, 0) is 19.6 Å². The number of morpholine rings is 1. The lowest BCUT2D eigenvalue weighted by atomic mass is 10.3. The molecular formula is C12H17N3O5S. The summed E-state index contributed by atoms with van der Waals surface area (Å²) in [7, 11) is -2.50. The zero-order chi connectivity index (χ0) is 15.6. The number of methoxy groups -OCH3 is 1. The van der Waals surface area contributed by atoms with E-state index in [0.717, 1.165) is 4.31 Å². The Bertz CT molecular complexity index is 646. The molecule has 1 saturated heterocycles. The molecule has 116 valence electrons. The van der Waals surface area contributed by atoms with E-state index in [-0.39, 0.29) is 30.4 Å². The molecule has 1 unspecified atom stereocenters.